The Bertz CT molecular complexity index is 440. The fourth-order valence-corrected chi connectivity index (χ4v) is 2.62. The maximum absolute atomic E-state index is 10.8. The molecule has 0 aliphatic heterocycles. The van der Waals surface area contributed by atoms with Crippen LogP contribution in [0.1, 0.15) is 18.4 Å². The zero-order valence-corrected chi connectivity index (χ0v) is 9.94. The molecule has 1 saturated carbocycles. The van der Waals surface area contributed by atoms with Crippen molar-refractivity contribution < 1.29 is 20.1 Å². The lowest BCUT2D eigenvalue weighted by Gasteiger charge is -2.20. The average Bonchev–Trinajstić information content (AvgIpc) is 3.02. The summed E-state index contributed by atoms with van der Waals surface area (Å²) >= 11 is 3.22. The Morgan fingerprint density at radius 1 is 1.44 bits per heavy atom. The van der Waals surface area contributed by atoms with E-state index in [0.717, 1.165) is 0 Å². The van der Waals surface area contributed by atoms with E-state index in [4.69, 9.17) is 5.11 Å². The van der Waals surface area contributed by atoms with Crippen molar-refractivity contribution in [3.63, 3.8) is 0 Å². The van der Waals surface area contributed by atoms with Crippen LogP contribution in [-0.2, 0) is 10.2 Å². The second-order valence-electron chi connectivity index (χ2n) is 4.04. The first-order valence-corrected chi connectivity index (χ1v) is 5.67. The molecule has 1 fully saturated rings. The number of benzene rings is 1. The first-order valence-electron chi connectivity index (χ1n) is 4.88. The van der Waals surface area contributed by atoms with Gasteiger partial charge in [-0.25, -0.2) is 4.79 Å². The van der Waals surface area contributed by atoms with E-state index < -0.39 is 17.5 Å². The summed E-state index contributed by atoms with van der Waals surface area (Å²) in [5.74, 6) is -1.17. The quantitative estimate of drug-likeness (QED) is 0.789. The number of halogens is 1. The van der Waals surface area contributed by atoms with Gasteiger partial charge in [-0.2, -0.15) is 0 Å². The molecule has 86 valence electrons. The van der Waals surface area contributed by atoms with Gasteiger partial charge in [-0.05, 0) is 40.4 Å². The maximum atomic E-state index is 10.8. The molecule has 1 aliphatic carbocycles. The summed E-state index contributed by atoms with van der Waals surface area (Å²) in [4.78, 5) is 10.8. The lowest BCUT2D eigenvalue weighted by atomic mass is 9.90. The van der Waals surface area contributed by atoms with Gasteiger partial charge in [0.15, 0.2) is 6.10 Å². The van der Waals surface area contributed by atoms with Crippen molar-refractivity contribution in [3.8, 4) is 5.75 Å². The molecule has 2 rings (SSSR count). The summed E-state index contributed by atoms with van der Waals surface area (Å²) in [6.07, 6.45) is -0.198. The first-order chi connectivity index (χ1) is 7.49. The highest BCUT2D eigenvalue weighted by molar-refractivity contribution is 9.10. The molecule has 0 saturated heterocycles. The Hall–Kier alpha value is -1.07. The molecule has 1 unspecified atom stereocenters. The van der Waals surface area contributed by atoms with Crippen molar-refractivity contribution in [3.05, 3.63) is 28.2 Å². The third-order valence-electron chi connectivity index (χ3n) is 3.06. The summed E-state index contributed by atoms with van der Waals surface area (Å²) in [7, 11) is 0. The molecule has 4 nitrogen and oxygen atoms in total. The largest absolute Gasteiger partial charge is 0.507 e. The molecular weight excluding hydrogens is 276 g/mol. The second-order valence-corrected chi connectivity index (χ2v) is 4.83. The summed E-state index contributed by atoms with van der Waals surface area (Å²) in [5, 5.41) is 28.1. The number of aliphatic hydroxyl groups excluding tert-OH is 1. The van der Waals surface area contributed by atoms with Crippen LogP contribution in [0.15, 0.2) is 22.7 Å². The number of phenols is 1. The second kappa shape index (κ2) is 3.75. The van der Waals surface area contributed by atoms with Crippen LogP contribution in [0.3, 0.4) is 0 Å². The van der Waals surface area contributed by atoms with Gasteiger partial charge in [-0.1, -0.05) is 12.1 Å². The SMILES string of the molecule is O=C(O)C(O)C1(c2cccc(O)c2Br)CC1. The van der Waals surface area contributed by atoms with Gasteiger partial charge in [0.05, 0.1) is 4.47 Å². The maximum Gasteiger partial charge on any atom is 0.333 e. The smallest absolute Gasteiger partial charge is 0.333 e. The van der Waals surface area contributed by atoms with Gasteiger partial charge in [0, 0.05) is 5.41 Å². The minimum atomic E-state index is -1.43. The highest BCUT2D eigenvalue weighted by Crippen LogP contribution is 2.54. The van der Waals surface area contributed by atoms with E-state index in [-0.39, 0.29) is 5.75 Å². The number of carbonyl (C=O) groups is 1. The first kappa shape index (κ1) is 11.4. The Labute approximate surface area is 101 Å². The summed E-state index contributed by atoms with van der Waals surface area (Å²) in [6, 6.07) is 4.88. The van der Waals surface area contributed by atoms with Crippen molar-refractivity contribution in [2.45, 2.75) is 24.4 Å². The predicted octanol–water partition coefficient (Wildman–Crippen LogP) is 1.63. The third kappa shape index (κ3) is 1.60. The lowest BCUT2D eigenvalue weighted by Crippen LogP contribution is -2.34. The third-order valence-corrected chi connectivity index (χ3v) is 3.89. The molecule has 0 amide bonds. The van der Waals surface area contributed by atoms with E-state index in [2.05, 4.69) is 15.9 Å². The number of aliphatic carboxylic acids is 1. The molecule has 0 aromatic heterocycles. The molecule has 0 bridgehead atoms. The normalized spacial score (nSPS) is 19.1. The van der Waals surface area contributed by atoms with Crippen molar-refractivity contribution in [1.29, 1.82) is 0 Å². The minimum Gasteiger partial charge on any atom is -0.507 e. The number of aromatic hydroxyl groups is 1. The van der Waals surface area contributed by atoms with Gasteiger partial charge in [0.25, 0.3) is 0 Å². The molecule has 1 aromatic rings. The molecule has 0 heterocycles. The van der Waals surface area contributed by atoms with Crippen molar-refractivity contribution in [2.24, 2.45) is 0 Å². The van der Waals surface area contributed by atoms with Gasteiger partial charge in [-0.3, -0.25) is 0 Å². The Morgan fingerprint density at radius 3 is 2.56 bits per heavy atom. The Kier molecular flexibility index (Phi) is 2.67. The molecule has 1 atom stereocenters. The highest BCUT2D eigenvalue weighted by atomic mass is 79.9. The zero-order chi connectivity index (χ0) is 11.9. The molecule has 0 spiro atoms. The standard InChI is InChI=1S/C11H11BrO4/c12-8-6(2-1-3-7(8)13)11(4-5-11)9(14)10(15)16/h1-3,9,13-14H,4-5H2,(H,15,16). The van der Waals surface area contributed by atoms with E-state index in [1.165, 1.54) is 6.07 Å². The van der Waals surface area contributed by atoms with Crippen LogP contribution in [0.25, 0.3) is 0 Å². The highest BCUT2D eigenvalue weighted by Gasteiger charge is 2.54. The Balaban J connectivity index is 2.45. The van der Waals surface area contributed by atoms with E-state index >= 15 is 0 Å². The molecule has 3 N–H and O–H groups in total. The van der Waals surface area contributed by atoms with Crippen LogP contribution in [0.2, 0.25) is 0 Å². The van der Waals surface area contributed by atoms with Gasteiger partial charge >= 0.3 is 5.97 Å². The number of rotatable bonds is 3. The average molecular weight is 287 g/mol. The van der Waals surface area contributed by atoms with E-state index in [1.807, 2.05) is 0 Å². The number of aliphatic hydroxyl groups is 1. The fourth-order valence-electron chi connectivity index (χ4n) is 1.97. The van der Waals surface area contributed by atoms with E-state index in [9.17, 15) is 15.0 Å². The van der Waals surface area contributed by atoms with E-state index in [1.54, 1.807) is 12.1 Å². The summed E-state index contributed by atoms with van der Waals surface area (Å²) < 4.78 is 0.466. The van der Waals surface area contributed by atoms with Crippen LogP contribution in [0, 0.1) is 0 Å². The molecule has 1 aliphatic rings. The number of carboxylic acids is 1. The molecule has 5 heteroatoms. The molecular formula is C11H11BrO4. The van der Waals surface area contributed by atoms with Crippen LogP contribution < -0.4 is 0 Å². The monoisotopic (exact) mass is 286 g/mol. The topological polar surface area (TPSA) is 77.8 Å². The summed E-state index contributed by atoms with van der Waals surface area (Å²) in [6.45, 7) is 0. The lowest BCUT2D eigenvalue weighted by molar-refractivity contribution is -0.148. The van der Waals surface area contributed by atoms with Crippen molar-refractivity contribution >= 4 is 21.9 Å². The van der Waals surface area contributed by atoms with Gasteiger partial charge in [0.2, 0.25) is 0 Å². The molecule has 16 heavy (non-hydrogen) atoms. The van der Waals surface area contributed by atoms with Gasteiger partial charge < -0.3 is 15.3 Å². The van der Waals surface area contributed by atoms with Crippen LogP contribution in [0.5, 0.6) is 5.75 Å². The Morgan fingerprint density at radius 2 is 2.06 bits per heavy atom. The number of carboxylic acid groups (broad SMARTS) is 1. The number of hydrogen-bond acceptors (Lipinski definition) is 3. The van der Waals surface area contributed by atoms with Gasteiger partial charge in [-0.15, -0.1) is 0 Å². The van der Waals surface area contributed by atoms with Crippen molar-refractivity contribution in [1.82, 2.24) is 0 Å². The van der Waals surface area contributed by atoms with Gasteiger partial charge in [0.1, 0.15) is 5.75 Å². The zero-order valence-electron chi connectivity index (χ0n) is 8.35. The minimum absolute atomic E-state index is 0.0568. The molecule has 0 radical (unpaired) electrons. The fraction of sp³-hybridized carbons (Fsp3) is 0.364. The van der Waals surface area contributed by atoms with Crippen LogP contribution in [0.4, 0.5) is 0 Å². The number of phenolic OH excluding ortho intramolecular Hbond substituents is 1. The van der Waals surface area contributed by atoms with E-state index in [0.29, 0.717) is 22.9 Å². The van der Waals surface area contributed by atoms with Crippen LogP contribution in [-0.4, -0.2) is 27.4 Å². The predicted molar refractivity (Wildman–Crippen MR) is 60.4 cm³/mol. The summed E-state index contributed by atoms with van der Waals surface area (Å²) in [5.41, 5.74) is -0.0916. The van der Waals surface area contributed by atoms with Crippen LogP contribution >= 0.6 is 15.9 Å². The number of hydrogen-bond donors (Lipinski definition) is 3. The molecule has 1 aromatic carbocycles. The van der Waals surface area contributed by atoms with Crippen molar-refractivity contribution in [2.75, 3.05) is 0 Å².